The minimum absolute atomic E-state index is 0.113. The molecule has 0 saturated carbocycles. The summed E-state index contributed by atoms with van der Waals surface area (Å²) in [6.07, 6.45) is 1.15. The number of carbonyl (C=O) groups excluding carboxylic acids is 1. The zero-order valence-electron chi connectivity index (χ0n) is 11.0. The number of ether oxygens (including phenoxy) is 1. The van der Waals surface area contributed by atoms with Crippen LogP contribution in [0.15, 0.2) is 18.2 Å². The number of benzene rings is 1. The largest absolute Gasteiger partial charge is 0.381 e. The van der Waals surface area contributed by atoms with Gasteiger partial charge in [-0.25, -0.2) is 0 Å². The maximum absolute atomic E-state index is 12.2. The molecule has 0 aromatic heterocycles. The van der Waals surface area contributed by atoms with Gasteiger partial charge >= 0.3 is 0 Å². The summed E-state index contributed by atoms with van der Waals surface area (Å²) in [5.41, 5.74) is 8.41. The summed E-state index contributed by atoms with van der Waals surface area (Å²) >= 11 is 0. The van der Waals surface area contributed by atoms with Gasteiger partial charge in [0.2, 0.25) is 5.91 Å². The summed E-state index contributed by atoms with van der Waals surface area (Å²) in [4.78, 5) is 12.2. The van der Waals surface area contributed by atoms with Crippen LogP contribution < -0.4 is 11.1 Å². The number of anilines is 1. The molecule has 4 nitrogen and oxygen atoms in total. The Labute approximate surface area is 108 Å². The predicted octanol–water partition coefficient (Wildman–Crippen LogP) is 1.75. The topological polar surface area (TPSA) is 64.4 Å². The highest BCUT2D eigenvalue weighted by Crippen LogP contribution is 2.22. The van der Waals surface area contributed by atoms with E-state index in [4.69, 9.17) is 10.5 Å². The zero-order valence-corrected chi connectivity index (χ0v) is 11.0. The number of carbonyl (C=O) groups is 1. The van der Waals surface area contributed by atoms with Crippen LogP contribution in [-0.4, -0.2) is 24.7 Å². The fourth-order valence-electron chi connectivity index (χ4n) is 2.16. The smallest absolute Gasteiger partial charge is 0.244 e. The first-order valence-electron chi connectivity index (χ1n) is 6.27. The molecule has 0 bridgehead atoms. The molecular weight excluding hydrogens is 228 g/mol. The number of nitrogens with one attached hydrogen (secondary N) is 1. The van der Waals surface area contributed by atoms with Gasteiger partial charge in [-0.3, -0.25) is 4.79 Å². The van der Waals surface area contributed by atoms with Gasteiger partial charge in [-0.05, 0) is 38.3 Å². The Morgan fingerprint density at radius 3 is 2.61 bits per heavy atom. The van der Waals surface area contributed by atoms with Gasteiger partial charge < -0.3 is 15.8 Å². The van der Waals surface area contributed by atoms with E-state index >= 15 is 0 Å². The van der Waals surface area contributed by atoms with E-state index in [1.54, 1.807) is 0 Å². The molecule has 3 N–H and O–H groups in total. The van der Waals surface area contributed by atoms with Gasteiger partial charge in [-0.2, -0.15) is 0 Å². The molecule has 4 heteroatoms. The summed E-state index contributed by atoms with van der Waals surface area (Å²) < 4.78 is 5.24. The van der Waals surface area contributed by atoms with Crippen LogP contribution in [0.3, 0.4) is 0 Å². The molecule has 0 spiro atoms. The van der Waals surface area contributed by atoms with Gasteiger partial charge in [0.15, 0.2) is 0 Å². The first-order valence-corrected chi connectivity index (χ1v) is 6.27. The maximum Gasteiger partial charge on any atom is 0.244 e. The normalized spacial score (nSPS) is 18.4. The fraction of sp³-hybridized carbons (Fsp3) is 0.500. The molecule has 1 saturated heterocycles. The third-order valence-corrected chi connectivity index (χ3v) is 3.47. The molecule has 1 heterocycles. The lowest BCUT2D eigenvalue weighted by Crippen LogP contribution is -2.54. The van der Waals surface area contributed by atoms with Crippen molar-refractivity contribution in [1.82, 2.24) is 0 Å². The van der Waals surface area contributed by atoms with E-state index in [0.717, 1.165) is 11.3 Å². The SMILES string of the molecule is Cc1ccc(NC(=O)C2(N)CCOCC2)c(C)c1. The third kappa shape index (κ3) is 2.71. The molecule has 2 rings (SSSR count). The van der Waals surface area contributed by atoms with Crippen molar-refractivity contribution in [3.05, 3.63) is 29.3 Å². The quantitative estimate of drug-likeness (QED) is 0.838. The lowest BCUT2D eigenvalue weighted by molar-refractivity contribution is -0.124. The van der Waals surface area contributed by atoms with E-state index in [1.165, 1.54) is 5.56 Å². The Bertz CT molecular complexity index is 451. The van der Waals surface area contributed by atoms with Crippen LogP contribution in [0, 0.1) is 13.8 Å². The Balaban J connectivity index is 2.11. The first kappa shape index (κ1) is 13.1. The second kappa shape index (κ2) is 5.08. The molecule has 1 fully saturated rings. The molecule has 0 radical (unpaired) electrons. The van der Waals surface area contributed by atoms with Crippen molar-refractivity contribution in [2.24, 2.45) is 5.73 Å². The van der Waals surface area contributed by atoms with E-state index in [0.29, 0.717) is 26.1 Å². The molecule has 98 valence electrons. The Kier molecular flexibility index (Phi) is 3.68. The second-order valence-corrected chi connectivity index (χ2v) is 5.04. The van der Waals surface area contributed by atoms with Crippen molar-refractivity contribution in [3.63, 3.8) is 0 Å². The summed E-state index contributed by atoms with van der Waals surface area (Å²) in [6, 6.07) is 5.95. The maximum atomic E-state index is 12.2. The summed E-state index contributed by atoms with van der Waals surface area (Å²) in [5, 5.41) is 2.93. The average Bonchev–Trinajstić information content (AvgIpc) is 2.33. The van der Waals surface area contributed by atoms with E-state index in [2.05, 4.69) is 5.32 Å². The van der Waals surface area contributed by atoms with Crippen LogP contribution in [0.1, 0.15) is 24.0 Å². The molecule has 0 aliphatic carbocycles. The molecular formula is C14H20N2O2. The minimum Gasteiger partial charge on any atom is -0.381 e. The molecule has 1 aliphatic heterocycles. The molecule has 1 aromatic rings. The van der Waals surface area contributed by atoms with E-state index in [-0.39, 0.29) is 5.91 Å². The molecule has 1 aliphatic rings. The first-order chi connectivity index (χ1) is 8.51. The van der Waals surface area contributed by atoms with Crippen molar-refractivity contribution in [1.29, 1.82) is 0 Å². The molecule has 1 aromatic carbocycles. The Hall–Kier alpha value is -1.39. The van der Waals surface area contributed by atoms with Crippen LogP contribution in [0.4, 0.5) is 5.69 Å². The van der Waals surface area contributed by atoms with Crippen LogP contribution in [0.2, 0.25) is 0 Å². The van der Waals surface area contributed by atoms with Gasteiger partial charge in [0.1, 0.15) is 5.54 Å². The second-order valence-electron chi connectivity index (χ2n) is 5.04. The average molecular weight is 248 g/mol. The van der Waals surface area contributed by atoms with Crippen LogP contribution in [0.5, 0.6) is 0 Å². The van der Waals surface area contributed by atoms with Crippen LogP contribution >= 0.6 is 0 Å². The number of rotatable bonds is 2. The van der Waals surface area contributed by atoms with Gasteiger partial charge in [-0.15, -0.1) is 0 Å². The molecule has 0 unspecified atom stereocenters. The van der Waals surface area contributed by atoms with E-state index in [9.17, 15) is 4.79 Å². The van der Waals surface area contributed by atoms with Gasteiger partial charge in [0.25, 0.3) is 0 Å². The lowest BCUT2D eigenvalue weighted by Gasteiger charge is -2.32. The van der Waals surface area contributed by atoms with E-state index in [1.807, 2.05) is 32.0 Å². The molecule has 0 atom stereocenters. The highest BCUT2D eigenvalue weighted by Gasteiger charge is 2.36. The zero-order chi connectivity index (χ0) is 13.2. The monoisotopic (exact) mass is 248 g/mol. The number of nitrogens with two attached hydrogens (primary N) is 1. The summed E-state index contributed by atoms with van der Waals surface area (Å²) in [6.45, 7) is 5.12. The lowest BCUT2D eigenvalue weighted by atomic mass is 9.90. The summed E-state index contributed by atoms with van der Waals surface area (Å²) in [5.74, 6) is -0.113. The number of amides is 1. The number of hydrogen-bond donors (Lipinski definition) is 2. The Morgan fingerprint density at radius 2 is 2.00 bits per heavy atom. The van der Waals surface area contributed by atoms with Gasteiger partial charge in [0.05, 0.1) is 0 Å². The van der Waals surface area contributed by atoms with Crippen molar-refractivity contribution in [2.45, 2.75) is 32.2 Å². The third-order valence-electron chi connectivity index (χ3n) is 3.47. The fourth-order valence-corrected chi connectivity index (χ4v) is 2.16. The summed E-state index contributed by atoms with van der Waals surface area (Å²) in [7, 11) is 0. The number of aryl methyl sites for hydroxylation is 2. The standard InChI is InChI=1S/C14H20N2O2/c1-10-3-4-12(11(2)9-10)16-13(17)14(15)5-7-18-8-6-14/h3-4,9H,5-8,15H2,1-2H3,(H,16,17). The minimum atomic E-state index is -0.796. The predicted molar refractivity (Wildman–Crippen MR) is 71.5 cm³/mol. The molecule has 18 heavy (non-hydrogen) atoms. The van der Waals surface area contributed by atoms with Gasteiger partial charge in [-0.1, -0.05) is 17.7 Å². The number of hydrogen-bond acceptors (Lipinski definition) is 3. The highest BCUT2D eigenvalue weighted by atomic mass is 16.5. The Morgan fingerprint density at radius 1 is 1.33 bits per heavy atom. The van der Waals surface area contributed by atoms with Crippen molar-refractivity contribution in [2.75, 3.05) is 18.5 Å². The van der Waals surface area contributed by atoms with Crippen molar-refractivity contribution >= 4 is 11.6 Å². The highest BCUT2D eigenvalue weighted by molar-refractivity contribution is 5.98. The van der Waals surface area contributed by atoms with Crippen LogP contribution in [-0.2, 0) is 9.53 Å². The van der Waals surface area contributed by atoms with E-state index < -0.39 is 5.54 Å². The van der Waals surface area contributed by atoms with Crippen molar-refractivity contribution < 1.29 is 9.53 Å². The van der Waals surface area contributed by atoms with Crippen LogP contribution in [0.25, 0.3) is 0 Å². The van der Waals surface area contributed by atoms with Crippen molar-refractivity contribution in [3.8, 4) is 0 Å². The molecule has 1 amide bonds. The van der Waals surface area contributed by atoms with Gasteiger partial charge in [0, 0.05) is 18.9 Å².